The van der Waals surface area contributed by atoms with E-state index in [0.717, 1.165) is 0 Å². The molecule has 0 unspecified atom stereocenters. The summed E-state index contributed by atoms with van der Waals surface area (Å²) in [6, 6.07) is 0. The van der Waals surface area contributed by atoms with Crippen LogP contribution >= 0.6 is 0 Å². The average molecular weight is 109 g/mol. The van der Waals surface area contributed by atoms with Crippen molar-refractivity contribution in [2.75, 3.05) is 0 Å². The molecule has 0 radical (unpaired) electrons. The van der Waals surface area contributed by atoms with Gasteiger partial charge in [-0.2, -0.15) is 0 Å². The molecule has 0 saturated carbocycles. The molecule has 0 atom stereocenters. The van der Waals surface area contributed by atoms with E-state index in [0.29, 0.717) is 0 Å². The predicted octanol–water partition coefficient (Wildman–Crippen LogP) is -2.23. The molecule has 0 amide bonds. The van der Waals surface area contributed by atoms with Crippen molar-refractivity contribution in [2.45, 2.75) is 0 Å². The van der Waals surface area contributed by atoms with E-state index in [-0.39, 0.29) is 0 Å². The lowest BCUT2D eigenvalue weighted by atomic mass is 13.4. The molecule has 0 bridgehead atoms. The van der Waals surface area contributed by atoms with Gasteiger partial charge in [0.2, 0.25) is 0 Å². The van der Waals surface area contributed by atoms with Crippen molar-refractivity contribution in [3.63, 3.8) is 0 Å². The Hall–Kier alpha value is -0.166. The smallest absolute Gasteiger partial charge is 0.152 e. The Morgan fingerprint density at radius 3 is 1.60 bits per heavy atom. The molecule has 0 aromatic carbocycles. The summed E-state index contributed by atoms with van der Waals surface area (Å²) in [4.78, 5) is 8.11. The van der Waals surface area contributed by atoms with Crippen molar-refractivity contribution in [2.24, 2.45) is 5.34 Å². The maximum Gasteiger partial charge on any atom is 0.152 e. The molecule has 3 nitrogen and oxygen atoms in total. The summed E-state index contributed by atoms with van der Waals surface area (Å²) in [5.74, 6) is 0. The third-order valence-corrected chi connectivity index (χ3v) is 0. The van der Waals surface area contributed by atoms with Gasteiger partial charge in [0.15, 0.2) is 5.34 Å². The van der Waals surface area contributed by atoms with E-state index < -0.39 is 0 Å². The van der Waals surface area contributed by atoms with Crippen LogP contribution in [-0.2, 0) is 0 Å². The van der Waals surface area contributed by atoms with E-state index >= 15 is 0 Å². The molecule has 0 aromatic heterocycles. The van der Waals surface area contributed by atoms with Gasteiger partial charge in [0.25, 0.3) is 0 Å². The first kappa shape index (κ1) is 8.85. The maximum atomic E-state index is 8.11. The predicted molar refractivity (Wildman–Crippen MR) is 27.5 cm³/mol. The van der Waals surface area contributed by atoms with Crippen LogP contribution < -0.4 is 0 Å². The second-order valence-corrected chi connectivity index (χ2v) is 0.0816. The quantitative estimate of drug-likeness (QED) is 0.217. The molecular formula is H7NO2Si2. The van der Waals surface area contributed by atoms with Gasteiger partial charge < -0.3 is 5.21 Å². The monoisotopic (exact) mass is 109 g/mol. The fraction of sp³-hybridized carbons (Fsp3) is 0. The van der Waals surface area contributed by atoms with Crippen LogP contribution in [0.25, 0.3) is 0 Å². The lowest BCUT2D eigenvalue weighted by Gasteiger charge is -1.32. The minimum Gasteiger partial charge on any atom is -0.379 e. The Bertz CT molecular complexity index is 15.1. The zero-order valence-corrected chi connectivity index (χ0v) is 7.30. The molecule has 5 heavy (non-hydrogen) atoms. The second-order valence-electron chi connectivity index (χ2n) is 0.0816. The Balaban J connectivity index is 0. The zero-order chi connectivity index (χ0) is 4.71. The highest BCUT2D eigenvalue weighted by Crippen LogP contribution is 1.25. The highest BCUT2D eigenvalue weighted by molar-refractivity contribution is 6.75. The summed E-state index contributed by atoms with van der Waals surface area (Å²) in [7, 11) is 2.89. The van der Waals surface area contributed by atoms with Gasteiger partial charge in [0.05, 0.1) is 0 Å². The molecule has 0 saturated heterocycles. The van der Waals surface area contributed by atoms with Crippen LogP contribution in [0.5, 0.6) is 0 Å². The van der Waals surface area contributed by atoms with Crippen molar-refractivity contribution in [3.8, 4) is 0 Å². The van der Waals surface area contributed by atoms with E-state index in [9.17, 15) is 0 Å². The van der Waals surface area contributed by atoms with Crippen molar-refractivity contribution < 1.29 is 5.21 Å². The molecule has 0 heterocycles. The molecular weight excluding hydrogens is 102 g/mol. The summed E-state index contributed by atoms with van der Waals surface area (Å²) >= 11 is 0. The molecule has 0 aromatic rings. The van der Waals surface area contributed by atoms with Gasteiger partial charge >= 0.3 is 0 Å². The van der Waals surface area contributed by atoms with Gasteiger partial charge in [0.1, 0.15) is 0 Å². The van der Waals surface area contributed by atoms with E-state index in [1.54, 1.807) is 0 Å². The van der Waals surface area contributed by atoms with Gasteiger partial charge in [-0.15, -0.1) is 4.91 Å². The summed E-state index contributed by atoms with van der Waals surface area (Å²) in [5, 5.41) is 7.89. The van der Waals surface area contributed by atoms with Crippen LogP contribution in [0.4, 0.5) is 0 Å². The Kier molecular flexibility index (Phi) is 78.4. The highest BCUT2D eigenvalue weighted by Gasteiger charge is 1.18. The number of hydrogen-bond donors (Lipinski definition) is 1. The molecule has 0 aliphatic heterocycles. The van der Waals surface area contributed by atoms with Crippen LogP contribution in [0, 0.1) is 4.91 Å². The summed E-state index contributed by atoms with van der Waals surface area (Å²) in [6.45, 7) is 0. The average Bonchev–Trinajstić information content (AvgIpc) is 1.46. The highest BCUT2D eigenvalue weighted by atomic mass is 29.1. The Morgan fingerprint density at radius 1 is 1.60 bits per heavy atom. The lowest BCUT2D eigenvalue weighted by Crippen LogP contribution is -1.38. The summed E-state index contributed by atoms with van der Waals surface area (Å²) in [6.07, 6.45) is 0. The zero-order valence-electron chi connectivity index (χ0n) is 3.30. The standard InChI is InChI=1S/HNO2.H6Si2/c2-1-3;1-2/h(H,2,3);1-2H3. The van der Waals surface area contributed by atoms with Crippen molar-refractivity contribution in [3.05, 3.63) is 4.91 Å². The minimum atomic E-state index is 1.25. The first-order valence-corrected chi connectivity index (χ1v) is 9.38. The van der Waals surface area contributed by atoms with Crippen LogP contribution in [-0.4, -0.2) is 24.7 Å². The van der Waals surface area contributed by atoms with Crippen LogP contribution in [0.15, 0.2) is 5.34 Å². The van der Waals surface area contributed by atoms with Crippen LogP contribution in [0.3, 0.4) is 0 Å². The largest absolute Gasteiger partial charge is 0.379 e. The van der Waals surface area contributed by atoms with Crippen molar-refractivity contribution >= 4 is 19.5 Å². The Morgan fingerprint density at radius 2 is 1.60 bits per heavy atom. The fourth-order valence-electron chi connectivity index (χ4n) is 0. The molecule has 0 rings (SSSR count). The first-order chi connectivity index (χ1) is 2.41. The van der Waals surface area contributed by atoms with Gasteiger partial charge in [-0.25, -0.2) is 0 Å². The van der Waals surface area contributed by atoms with Crippen molar-refractivity contribution in [1.29, 1.82) is 0 Å². The van der Waals surface area contributed by atoms with E-state index in [1.807, 2.05) is 0 Å². The fourth-order valence-corrected chi connectivity index (χ4v) is 0. The third kappa shape index (κ3) is 467. The van der Waals surface area contributed by atoms with Crippen LogP contribution in [0.1, 0.15) is 0 Å². The molecule has 0 aliphatic carbocycles. The van der Waals surface area contributed by atoms with Crippen LogP contribution in [0.2, 0.25) is 0 Å². The number of nitrogens with zero attached hydrogens (tertiary/aromatic N) is 1. The van der Waals surface area contributed by atoms with Gasteiger partial charge in [-0.1, -0.05) is 0 Å². The van der Waals surface area contributed by atoms with E-state index in [1.165, 1.54) is 24.9 Å². The molecule has 1 N–H and O–H groups in total. The molecule has 0 spiro atoms. The number of rotatable bonds is 0. The maximum absolute atomic E-state index is 8.11. The summed E-state index contributed by atoms with van der Waals surface area (Å²) in [5.41, 5.74) is 0. The number of hydrogen-bond acceptors (Lipinski definition) is 2. The minimum absolute atomic E-state index is 1.25. The van der Waals surface area contributed by atoms with Crippen molar-refractivity contribution in [1.82, 2.24) is 0 Å². The topological polar surface area (TPSA) is 49.7 Å². The lowest BCUT2D eigenvalue weighted by molar-refractivity contribution is 0.312. The summed E-state index contributed by atoms with van der Waals surface area (Å²) < 4.78 is 0. The molecule has 0 aliphatic rings. The normalized spacial score (nSPS) is 4.80. The van der Waals surface area contributed by atoms with E-state index in [4.69, 9.17) is 10.1 Å². The van der Waals surface area contributed by atoms with Gasteiger partial charge in [0, 0.05) is 0 Å². The van der Waals surface area contributed by atoms with Gasteiger partial charge in [-0.05, 0) is 19.5 Å². The van der Waals surface area contributed by atoms with E-state index in [2.05, 4.69) is 0 Å². The molecule has 32 valence electrons. The third-order valence-electron chi connectivity index (χ3n) is 0. The van der Waals surface area contributed by atoms with Gasteiger partial charge in [-0.3, -0.25) is 0 Å². The molecule has 0 fully saturated rings. The molecule has 5 heteroatoms. The Labute approximate surface area is 36.0 Å². The second kappa shape index (κ2) is 44.3. The first-order valence-electron chi connectivity index (χ1n) is 1.38. The SMILES string of the molecule is O=NO.[SiH3][SiH3].